The van der Waals surface area contributed by atoms with E-state index in [1.165, 1.54) is 11.0 Å². The second-order valence-electron chi connectivity index (χ2n) is 17.5. The Morgan fingerprint density at radius 1 is 1.03 bits per heavy atom. The fourth-order valence-corrected chi connectivity index (χ4v) is 10.1. The van der Waals surface area contributed by atoms with E-state index in [1.54, 1.807) is 65.8 Å². The number of nitrogens with zero attached hydrogens (tertiary/aromatic N) is 2. The minimum Gasteiger partial charge on any atom is -0.484 e. The number of hydrogen-bond acceptors (Lipinski definition) is 10. The molecule has 0 bridgehead atoms. The number of aromatic nitrogens is 1. The summed E-state index contributed by atoms with van der Waals surface area (Å²) in [6, 6.07) is 15.1. The number of amides is 4. The van der Waals surface area contributed by atoms with E-state index in [0.29, 0.717) is 45.6 Å². The first-order chi connectivity index (χ1) is 27.1. The molecule has 3 heterocycles. The van der Waals surface area contributed by atoms with E-state index in [-0.39, 0.29) is 25.1 Å². The van der Waals surface area contributed by atoms with Crippen LogP contribution < -0.4 is 20.5 Å². The van der Waals surface area contributed by atoms with Crippen molar-refractivity contribution in [3.63, 3.8) is 0 Å². The third-order valence-electron chi connectivity index (χ3n) is 11.5. The number of carbonyl (C=O) groups excluding carboxylic acids is 4. The molecule has 1 aliphatic heterocycles. The smallest absolute Gasteiger partial charge is 0.405 e. The van der Waals surface area contributed by atoms with E-state index in [1.807, 2.05) is 30.3 Å². The molecule has 2 aromatic carbocycles. The van der Waals surface area contributed by atoms with Crippen LogP contribution in [0, 0.1) is 16.7 Å². The summed E-state index contributed by atoms with van der Waals surface area (Å²) < 4.78 is 46.7. The number of pyridine rings is 1. The lowest BCUT2D eigenvalue weighted by molar-refractivity contribution is -0.186. The van der Waals surface area contributed by atoms with Crippen LogP contribution in [0.4, 0.5) is 4.79 Å². The summed E-state index contributed by atoms with van der Waals surface area (Å²) in [5.74, 6) is -2.60. The molecule has 308 valence electrons. The molecule has 2 aromatic heterocycles. The maximum absolute atomic E-state index is 15.3. The zero-order valence-corrected chi connectivity index (χ0v) is 34.8. The minimum atomic E-state index is -3.95. The lowest BCUT2D eigenvalue weighted by Crippen LogP contribution is -2.67. The van der Waals surface area contributed by atoms with E-state index in [4.69, 9.17) is 36.2 Å². The van der Waals surface area contributed by atoms with Crippen molar-refractivity contribution < 1.29 is 41.5 Å². The Kier molecular flexibility index (Phi) is 10.1. The van der Waals surface area contributed by atoms with Gasteiger partial charge in [0, 0.05) is 45.2 Å². The highest BCUT2D eigenvalue weighted by molar-refractivity contribution is 7.91. The van der Waals surface area contributed by atoms with E-state index in [0.717, 1.165) is 5.56 Å². The molecule has 0 radical (unpaired) electrons. The van der Waals surface area contributed by atoms with Gasteiger partial charge in [-0.3, -0.25) is 19.1 Å². The van der Waals surface area contributed by atoms with Gasteiger partial charge in [0.25, 0.3) is 11.8 Å². The molecule has 1 saturated heterocycles. The van der Waals surface area contributed by atoms with Gasteiger partial charge in [-0.1, -0.05) is 89.6 Å². The number of ether oxygens (including phenoxy) is 2. The average Bonchev–Trinajstić information content (AvgIpc) is 4.05. The standard InChI is InChI=1S/C42H48ClN5O9S/c1-8-24-21-41(24,36(50)47-58(53,54)27-15-16-27)46-35(49)30-19-26(22-48(30)37(51)42(39(2,3)4,40(5,6)7)57-38(44)52)55-32-20-29(23-12-10-9-11-13-23)45-33-28-18-25(43)14-17-31(28)56-34(32)33/h8-14,17-18,20,24,26-27,30H,1,15-16,19,21-22H2,2-7H3,(H2,44,52)(H,46,49)(H,47,50)/t24-,26-,30+,41-/m1/s1. The molecule has 3 aliphatic rings. The third-order valence-corrected chi connectivity index (χ3v) is 13.5. The topological polar surface area (TPSA) is 200 Å². The SMILES string of the molecule is C=C[C@@H]1C[C@]1(NC(=O)[C@@H]1C[C@@H](Oc2cc(-c3ccccc3)nc3c2oc2ccc(Cl)cc23)CN1C(=O)C(OC(N)=O)(C(C)(C)C)C(C)(C)C)C(=O)NS(=O)(=O)C1CC1. The first kappa shape index (κ1) is 41.0. The summed E-state index contributed by atoms with van der Waals surface area (Å²) in [5, 5.41) is 3.26. The van der Waals surface area contributed by atoms with Gasteiger partial charge in [0.1, 0.15) is 28.8 Å². The Morgan fingerprint density at radius 2 is 1.71 bits per heavy atom. The third kappa shape index (κ3) is 7.16. The Balaban J connectivity index is 1.30. The molecule has 0 spiro atoms. The minimum absolute atomic E-state index is 0.0775. The predicted octanol–water partition coefficient (Wildman–Crippen LogP) is 6.25. The van der Waals surface area contributed by atoms with Crippen molar-refractivity contribution >= 4 is 67.5 Å². The number of carbonyl (C=O) groups is 4. The second-order valence-corrected chi connectivity index (χ2v) is 19.9. The van der Waals surface area contributed by atoms with Gasteiger partial charge in [-0.25, -0.2) is 18.2 Å². The fourth-order valence-electron chi connectivity index (χ4n) is 8.55. The largest absolute Gasteiger partial charge is 0.484 e. The van der Waals surface area contributed by atoms with Crippen molar-refractivity contribution in [1.29, 1.82) is 0 Å². The van der Waals surface area contributed by atoms with Crippen LogP contribution in [0.25, 0.3) is 33.3 Å². The number of likely N-dealkylation sites (tertiary alicyclic amines) is 1. The summed E-state index contributed by atoms with van der Waals surface area (Å²) in [7, 11) is -3.95. The van der Waals surface area contributed by atoms with Crippen molar-refractivity contribution in [3.8, 4) is 17.0 Å². The first-order valence-corrected chi connectivity index (χ1v) is 21.1. The number of sulfonamides is 1. The first-order valence-electron chi connectivity index (χ1n) is 19.2. The van der Waals surface area contributed by atoms with Gasteiger partial charge in [0.15, 0.2) is 11.3 Å². The Labute approximate surface area is 341 Å². The monoisotopic (exact) mass is 833 g/mol. The number of nitrogens with two attached hydrogens (primary N) is 1. The van der Waals surface area contributed by atoms with Crippen LogP contribution in [-0.4, -0.2) is 77.2 Å². The molecule has 4 amide bonds. The lowest BCUT2D eigenvalue weighted by atomic mass is 9.61. The van der Waals surface area contributed by atoms with Crippen LogP contribution >= 0.6 is 11.6 Å². The molecule has 16 heteroatoms. The van der Waals surface area contributed by atoms with Crippen molar-refractivity contribution in [1.82, 2.24) is 19.9 Å². The normalized spacial score (nSPS) is 22.4. The van der Waals surface area contributed by atoms with Gasteiger partial charge < -0.3 is 29.8 Å². The number of primary amides is 1. The maximum Gasteiger partial charge on any atom is 0.405 e. The number of hydrogen-bond donors (Lipinski definition) is 3. The van der Waals surface area contributed by atoms with Crippen LogP contribution in [0.1, 0.15) is 67.2 Å². The highest BCUT2D eigenvalue weighted by Gasteiger charge is 2.65. The molecule has 3 fully saturated rings. The summed E-state index contributed by atoms with van der Waals surface area (Å²) in [5.41, 5.74) is 2.69. The zero-order valence-electron chi connectivity index (χ0n) is 33.3. The Hall–Kier alpha value is -5.15. The van der Waals surface area contributed by atoms with Crippen molar-refractivity contribution in [2.24, 2.45) is 22.5 Å². The summed E-state index contributed by atoms with van der Waals surface area (Å²) in [4.78, 5) is 62.4. The molecule has 14 nitrogen and oxygen atoms in total. The number of benzene rings is 2. The van der Waals surface area contributed by atoms with Crippen molar-refractivity contribution in [2.75, 3.05) is 6.54 Å². The van der Waals surface area contributed by atoms with E-state index >= 15 is 4.79 Å². The lowest BCUT2D eigenvalue weighted by Gasteiger charge is -2.51. The fraction of sp³-hybridized carbons (Fsp3) is 0.452. The molecule has 2 aliphatic carbocycles. The number of halogens is 1. The van der Waals surface area contributed by atoms with Crippen LogP contribution in [0.5, 0.6) is 5.75 Å². The molecule has 4 aromatic rings. The van der Waals surface area contributed by atoms with E-state index < -0.39 is 79.1 Å². The van der Waals surface area contributed by atoms with Crippen molar-refractivity contribution in [2.45, 2.75) is 95.8 Å². The van der Waals surface area contributed by atoms with Gasteiger partial charge in [0.2, 0.25) is 21.5 Å². The van der Waals surface area contributed by atoms with Crippen LogP contribution in [0.15, 0.2) is 71.7 Å². The number of nitrogens with one attached hydrogen (secondary N) is 2. The molecular weight excluding hydrogens is 786 g/mol. The van der Waals surface area contributed by atoms with Crippen molar-refractivity contribution in [3.05, 3.63) is 72.3 Å². The molecular formula is C42H48ClN5O9S. The molecule has 4 N–H and O–H groups in total. The maximum atomic E-state index is 15.3. The molecule has 7 rings (SSSR count). The quantitative estimate of drug-likeness (QED) is 0.145. The summed E-state index contributed by atoms with van der Waals surface area (Å²) >= 11 is 6.39. The number of furan rings is 1. The van der Waals surface area contributed by atoms with E-state index in [9.17, 15) is 22.8 Å². The van der Waals surface area contributed by atoms with Crippen LogP contribution in [0.3, 0.4) is 0 Å². The average molecular weight is 834 g/mol. The highest BCUT2D eigenvalue weighted by Crippen LogP contribution is 2.50. The van der Waals surface area contributed by atoms with Gasteiger partial charge in [-0.2, -0.15) is 0 Å². The number of fused-ring (bicyclic) bond motifs is 3. The molecule has 2 saturated carbocycles. The summed E-state index contributed by atoms with van der Waals surface area (Å²) in [6.45, 7) is 14.1. The predicted molar refractivity (Wildman–Crippen MR) is 218 cm³/mol. The molecule has 0 unspecified atom stereocenters. The Bertz CT molecular complexity index is 2440. The van der Waals surface area contributed by atoms with Gasteiger partial charge in [0.05, 0.1) is 17.5 Å². The highest BCUT2D eigenvalue weighted by atomic mass is 35.5. The van der Waals surface area contributed by atoms with Gasteiger partial charge in [-0.15, -0.1) is 6.58 Å². The second kappa shape index (κ2) is 14.3. The van der Waals surface area contributed by atoms with E-state index in [2.05, 4.69) is 16.6 Å². The van der Waals surface area contributed by atoms with Crippen LogP contribution in [0.2, 0.25) is 5.02 Å². The van der Waals surface area contributed by atoms with Gasteiger partial charge in [-0.05, 0) is 37.5 Å². The van der Waals surface area contributed by atoms with Crippen LogP contribution in [-0.2, 0) is 29.1 Å². The summed E-state index contributed by atoms with van der Waals surface area (Å²) in [6.07, 6.45) is 0.337. The molecule has 4 atom stereocenters. The Morgan fingerprint density at radius 3 is 2.29 bits per heavy atom. The zero-order chi connectivity index (χ0) is 42.2. The molecule has 58 heavy (non-hydrogen) atoms. The number of rotatable bonds is 11. The van der Waals surface area contributed by atoms with Gasteiger partial charge >= 0.3 is 6.09 Å².